The molecule has 0 aliphatic carbocycles. The standard InChI is InChI=1S/C30H35N5O6/c1-5-14-41-24-13-12-21(25(35-24)28(38)33-19-9-6-17(7-10-19)26(31)32)20-11-8-18(15-22(20)29(39)40)27(37)34-23(16-36)30(2,3)4/h6-13,15,23,36H,5,14,16H2,1-4H3,(H3,31,32)(H,33,38)(H,34,37)(H,39,40)/t23-/m1/s1. The van der Waals surface area contributed by atoms with Crippen LogP contribution in [-0.4, -0.2) is 58.1 Å². The third kappa shape index (κ3) is 7.67. The highest BCUT2D eigenvalue weighted by Crippen LogP contribution is 2.30. The summed E-state index contributed by atoms with van der Waals surface area (Å²) in [7, 11) is 0. The maximum Gasteiger partial charge on any atom is 0.336 e. The molecular formula is C30H35N5O6. The summed E-state index contributed by atoms with van der Waals surface area (Å²) in [6.07, 6.45) is 0.715. The summed E-state index contributed by atoms with van der Waals surface area (Å²) in [4.78, 5) is 43.1. The van der Waals surface area contributed by atoms with Crippen LogP contribution in [0.5, 0.6) is 5.88 Å². The lowest BCUT2D eigenvalue weighted by molar-refractivity contribution is 0.0697. The van der Waals surface area contributed by atoms with Crippen molar-refractivity contribution in [2.45, 2.75) is 40.2 Å². The molecule has 216 valence electrons. The average Bonchev–Trinajstić information content (AvgIpc) is 2.93. The maximum absolute atomic E-state index is 13.4. The number of carbonyl (C=O) groups excluding carboxylic acids is 2. The molecule has 41 heavy (non-hydrogen) atoms. The van der Waals surface area contributed by atoms with Crippen molar-refractivity contribution in [2.75, 3.05) is 18.5 Å². The van der Waals surface area contributed by atoms with E-state index in [0.717, 1.165) is 0 Å². The van der Waals surface area contributed by atoms with Gasteiger partial charge in [-0.05, 0) is 59.9 Å². The van der Waals surface area contributed by atoms with Crippen LogP contribution in [0.3, 0.4) is 0 Å². The van der Waals surface area contributed by atoms with Gasteiger partial charge in [0.1, 0.15) is 11.5 Å². The summed E-state index contributed by atoms with van der Waals surface area (Å²) in [6, 6.07) is 13.0. The number of ether oxygens (including phenoxy) is 1. The summed E-state index contributed by atoms with van der Waals surface area (Å²) < 4.78 is 5.61. The highest BCUT2D eigenvalue weighted by atomic mass is 16.5. The Hall–Kier alpha value is -4.77. The Labute approximate surface area is 238 Å². The smallest absolute Gasteiger partial charge is 0.336 e. The van der Waals surface area contributed by atoms with E-state index < -0.39 is 29.2 Å². The van der Waals surface area contributed by atoms with Crippen LogP contribution in [-0.2, 0) is 0 Å². The fourth-order valence-electron chi connectivity index (χ4n) is 3.92. The van der Waals surface area contributed by atoms with Gasteiger partial charge in [-0.3, -0.25) is 15.0 Å². The second-order valence-corrected chi connectivity index (χ2v) is 10.5. The van der Waals surface area contributed by atoms with Crippen LogP contribution >= 0.6 is 0 Å². The number of nitrogens with zero attached hydrogens (tertiary/aromatic N) is 1. The molecule has 0 aliphatic rings. The lowest BCUT2D eigenvalue weighted by Crippen LogP contribution is -2.46. The largest absolute Gasteiger partial charge is 0.478 e. The number of amidine groups is 1. The molecule has 0 saturated heterocycles. The Kier molecular flexibility index (Phi) is 9.80. The van der Waals surface area contributed by atoms with E-state index in [-0.39, 0.29) is 46.3 Å². The van der Waals surface area contributed by atoms with E-state index in [2.05, 4.69) is 15.6 Å². The van der Waals surface area contributed by atoms with E-state index in [4.69, 9.17) is 15.9 Å². The first-order valence-electron chi connectivity index (χ1n) is 13.0. The third-order valence-corrected chi connectivity index (χ3v) is 6.33. The molecule has 2 amide bonds. The SMILES string of the molecule is CCCOc1ccc(-c2ccc(C(=O)N[C@H](CO)C(C)(C)C)cc2C(=O)O)c(C(=O)Nc2ccc(C(=N)N)cc2)n1. The Morgan fingerprint density at radius 3 is 2.20 bits per heavy atom. The van der Waals surface area contributed by atoms with E-state index in [0.29, 0.717) is 24.3 Å². The molecule has 0 unspecified atom stereocenters. The zero-order valence-electron chi connectivity index (χ0n) is 23.4. The number of aliphatic hydroxyl groups excluding tert-OH is 1. The predicted molar refractivity (Wildman–Crippen MR) is 156 cm³/mol. The number of amides is 2. The number of hydrogen-bond donors (Lipinski definition) is 6. The molecule has 11 nitrogen and oxygen atoms in total. The zero-order chi connectivity index (χ0) is 30.3. The maximum atomic E-state index is 13.4. The van der Waals surface area contributed by atoms with Crippen molar-refractivity contribution in [3.8, 4) is 17.0 Å². The van der Waals surface area contributed by atoms with Gasteiger partial charge < -0.3 is 31.3 Å². The van der Waals surface area contributed by atoms with Gasteiger partial charge in [-0.15, -0.1) is 0 Å². The van der Waals surface area contributed by atoms with E-state index in [1.54, 1.807) is 36.4 Å². The summed E-state index contributed by atoms with van der Waals surface area (Å²) in [5.74, 6) is -2.39. The quantitative estimate of drug-likeness (QED) is 0.150. The van der Waals surface area contributed by atoms with Crippen LogP contribution in [0.25, 0.3) is 11.1 Å². The molecule has 0 fully saturated rings. The first-order chi connectivity index (χ1) is 19.3. The number of nitrogen functional groups attached to an aromatic ring is 1. The normalized spacial score (nSPS) is 11.8. The van der Waals surface area contributed by atoms with Gasteiger partial charge in [0.15, 0.2) is 0 Å². The molecule has 3 aromatic rings. The molecule has 1 aromatic heterocycles. The predicted octanol–water partition coefficient (Wildman–Crippen LogP) is 3.91. The van der Waals surface area contributed by atoms with Crippen molar-refractivity contribution < 1.29 is 29.3 Å². The first-order valence-corrected chi connectivity index (χ1v) is 13.0. The monoisotopic (exact) mass is 561 g/mol. The number of benzene rings is 2. The minimum absolute atomic E-state index is 0.0815. The molecule has 0 spiro atoms. The van der Waals surface area contributed by atoms with Crippen LogP contribution in [0.2, 0.25) is 0 Å². The number of hydrogen-bond acceptors (Lipinski definition) is 7. The van der Waals surface area contributed by atoms with Crippen molar-refractivity contribution in [1.29, 1.82) is 5.41 Å². The Morgan fingerprint density at radius 2 is 1.63 bits per heavy atom. The molecule has 7 N–H and O–H groups in total. The second-order valence-electron chi connectivity index (χ2n) is 10.5. The number of nitrogens with one attached hydrogen (secondary N) is 3. The molecule has 1 atom stereocenters. The van der Waals surface area contributed by atoms with E-state index in [1.807, 2.05) is 27.7 Å². The molecule has 0 radical (unpaired) electrons. The van der Waals surface area contributed by atoms with Crippen molar-refractivity contribution in [1.82, 2.24) is 10.3 Å². The fraction of sp³-hybridized carbons (Fsp3) is 0.300. The van der Waals surface area contributed by atoms with Gasteiger partial charge in [0.25, 0.3) is 11.8 Å². The Balaban J connectivity index is 2.04. The van der Waals surface area contributed by atoms with E-state index >= 15 is 0 Å². The minimum atomic E-state index is -1.30. The second kappa shape index (κ2) is 13.1. The molecule has 1 heterocycles. The molecule has 2 aromatic carbocycles. The van der Waals surface area contributed by atoms with Gasteiger partial charge in [0.2, 0.25) is 5.88 Å². The third-order valence-electron chi connectivity index (χ3n) is 6.33. The van der Waals surface area contributed by atoms with E-state index in [9.17, 15) is 24.6 Å². The van der Waals surface area contributed by atoms with Crippen molar-refractivity contribution in [3.63, 3.8) is 0 Å². The lowest BCUT2D eigenvalue weighted by Gasteiger charge is -2.29. The molecule has 0 bridgehead atoms. The van der Waals surface area contributed by atoms with Crippen molar-refractivity contribution in [3.05, 3.63) is 77.0 Å². The number of carboxylic acid groups (broad SMARTS) is 1. The van der Waals surface area contributed by atoms with E-state index in [1.165, 1.54) is 18.2 Å². The molecular weight excluding hydrogens is 526 g/mol. The summed E-state index contributed by atoms with van der Waals surface area (Å²) in [5.41, 5.74) is 6.16. The molecule has 0 saturated carbocycles. The average molecular weight is 562 g/mol. The number of rotatable bonds is 11. The highest BCUT2D eigenvalue weighted by molar-refractivity contribution is 6.10. The van der Waals surface area contributed by atoms with Crippen molar-refractivity contribution >= 4 is 29.3 Å². The fourth-order valence-corrected chi connectivity index (χ4v) is 3.92. The number of aromatic carboxylic acids is 1. The number of aromatic nitrogens is 1. The highest BCUT2D eigenvalue weighted by Gasteiger charge is 2.27. The number of carbonyl (C=O) groups is 3. The van der Waals surface area contributed by atoms with Gasteiger partial charge in [-0.2, -0.15) is 0 Å². The summed E-state index contributed by atoms with van der Waals surface area (Å²) in [6.45, 7) is 7.61. The van der Waals surface area contributed by atoms with Crippen LogP contribution < -0.4 is 21.1 Å². The van der Waals surface area contributed by atoms with Gasteiger partial charge in [-0.1, -0.05) is 33.8 Å². The number of anilines is 1. The number of pyridine rings is 1. The Bertz CT molecular complexity index is 1450. The van der Waals surface area contributed by atoms with Gasteiger partial charge in [0.05, 0.1) is 24.8 Å². The molecule has 0 aliphatic heterocycles. The van der Waals surface area contributed by atoms with Gasteiger partial charge in [-0.25, -0.2) is 9.78 Å². The van der Waals surface area contributed by atoms with Gasteiger partial charge >= 0.3 is 5.97 Å². The number of nitrogens with two attached hydrogens (primary N) is 1. The number of carboxylic acids is 1. The summed E-state index contributed by atoms with van der Waals surface area (Å²) >= 11 is 0. The lowest BCUT2D eigenvalue weighted by atomic mass is 9.87. The van der Waals surface area contributed by atoms with Crippen LogP contribution in [0.1, 0.15) is 70.9 Å². The van der Waals surface area contributed by atoms with Crippen LogP contribution in [0.4, 0.5) is 5.69 Å². The van der Waals surface area contributed by atoms with Crippen LogP contribution in [0, 0.1) is 10.8 Å². The minimum Gasteiger partial charge on any atom is -0.478 e. The first kappa shape index (κ1) is 30.8. The number of aliphatic hydroxyl groups is 1. The molecule has 11 heteroatoms. The topological polar surface area (TPSA) is 188 Å². The Morgan fingerprint density at radius 1 is 1.00 bits per heavy atom. The van der Waals surface area contributed by atoms with Crippen LogP contribution in [0.15, 0.2) is 54.6 Å². The summed E-state index contributed by atoms with van der Waals surface area (Å²) in [5, 5.41) is 32.8. The van der Waals surface area contributed by atoms with Crippen molar-refractivity contribution in [2.24, 2.45) is 11.1 Å². The zero-order valence-corrected chi connectivity index (χ0v) is 23.4. The van der Waals surface area contributed by atoms with Gasteiger partial charge in [0, 0.05) is 28.4 Å². The molecule has 3 rings (SSSR count).